The summed E-state index contributed by atoms with van der Waals surface area (Å²) in [5, 5.41) is 26.3. The molecule has 13 nitrogen and oxygen atoms in total. The Bertz CT molecular complexity index is 787. The van der Waals surface area contributed by atoms with Crippen LogP contribution in [0.25, 0.3) is 0 Å². The number of carboxylic acids is 1. The molecule has 1 heterocycles. The number of aromatic nitrogens is 2. The predicted octanol–water partition coefficient (Wildman–Crippen LogP) is -2.01. The monoisotopic (exact) mass is 483 g/mol. The van der Waals surface area contributed by atoms with E-state index in [0.29, 0.717) is 31.5 Å². The molecule has 0 aliphatic rings. The van der Waals surface area contributed by atoms with Crippen molar-refractivity contribution >= 4 is 23.7 Å². The third-order valence-electron chi connectivity index (χ3n) is 5.05. The van der Waals surface area contributed by atoms with E-state index in [4.69, 9.17) is 11.5 Å². The van der Waals surface area contributed by atoms with Gasteiger partial charge in [-0.15, -0.1) is 0 Å². The van der Waals surface area contributed by atoms with E-state index in [0.717, 1.165) is 0 Å². The van der Waals surface area contributed by atoms with Gasteiger partial charge in [0.25, 0.3) is 0 Å². The fraction of sp³-hybridized carbons (Fsp3) is 0.667. The van der Waals surface area contributed by atoms with Crippen molar-refractivity contribution in [1.29, 1.82) is 0 Å². The molecule has 0 saturated heterocycles. The summed E-state index contributed by atoms with van der Waals surface area (Å²) in [7, 11) is 0. The Hall–Kier alpha value is -3.03. The number of aliphatic hydroxyl groups excluding tert-OH is 1. The van der Waals surface area contributed by atoms with E-state index in [1.807, 2.05) is 13.8 Å². The SMILES string of the molecule is CC(C)CC(N)C(=O)NC(CCCCN)C(=O)NC(CO)C(=O)NC(Cc1cnc[nH]1)C(=O)O. The number of nitrogens with one attached hydrogen (secondary N) is 4. The normalized spacial score (nSPS) is 14.6. The number of aliphatic carboxylic acids is 1. The van der Waals surface area contributed by atoms with Gasteiger partial charge in [0.05, 0.1) is 19.0 Å². The van der Waals surface area contributed by atoms with Crippen LogP contribution in [0.15, 0.2) is 12.5 Å². The number of unbranched alkanes of at least 4 members (excludes halogenated alkanes) is 1. The van der Waals surface area contributed by atoms with Gasteiger partial charge in [0.15, 0.2) is 0 Å². The van der Waals surface area contributed by atoms with Gasteiger partial charge >= 0.3 is 5.97 Å². The number of nitrogens with two attached hydrogens (primary N) is 2. The molecule has 0 spiro atoms. The van der Waals surface area contributed by atoms with Gasteiger partial charge in [-0.05, 0) is 38.1 Å². The Morgan fingerprint density at radius 1 is 1.03 bits per heavy atom. The fourth-order valence-corrected chi connectivity index (χ4v) is 3.21. The highest BCUT2D eigenvalue weighted by Gasteiger charge is 2.30. The number of nitrogens with zero attached hydrogens (tertiary/aromatic N) is 1. The predicted molar refractivity (Wildman–Crippen MR) is 123 cm³/mol. The molecular formula is C21H37N7O6. The van der Waals surface area contributed by atoms with Crippen LogP contribution in [0, 0.1) is 5.92 Å². The van der Waals surface area contributed by atoms with Gasteiger partial charge in [-0.3, -0.25) is 14.4 Å². The molecule has 0 aromatic carbocycles. The van der Waals surface area contributed by atoms with Crippen LogP contribution in [0.2, 0.25) is 0 Å². The van der Waals surface area contributed by atoms with Crippen molar-refractivity contribution in [2.75, 3.05) is 13.2 Å². The number of carbonyl (C=O) groups excluding carboxylic acids is 3. The number of amides is 3. The van der Waals surface area contributed by atoms with Gasteiger partial charge < -0.3 is 42.6 Å². The van der Waals surface area contributed by atoms with Crippen LogP contribution in [-0.4, -0.2) is 81.2 Å². The maximum Gasteiger partial charge on any atom is 0.326 e. The second kappa shape index (κ2) is 15.0. The lowest BCUT2D eigenvalue weighted by molar-refractivity contribution is -0.142. The maximum absolute atomic E-state index is 12.8. The molecule has 1 rings (SSSR count). The lowest BCUT2D eigenvalue weighted by Gasteiger charge is -2.24. The van der Waals surface area contributed by atoms with Gasteiger partial charge in [0.2, 0.25) is 17.7 Å². The van der Waals surface area contributed by atoms with Gasteiger partial charge in [-0.1, -0.05) is 13.8 Å². The van der Waals surface area contributed by atoms with E-state index in [-0.39, 0.29) is 18.8 Å². The Balaban J connectivity index is 2.83. The molecule has 4 atom stereocenters. The number of hydrogen-bond acceptors (Lipinski definition) is 8. The van der Waals surface area contributed by atoms with E-state index in [1.165, 1.54) is 12.5 Å². The summed E-state index contributed by atoms with van der Waals surface area (Å²) in [6.07, 6.45) is 4.56. The number of carboxylic acid groups (broad SMARTS) is 1. The number of hydrogen-bond donors (Lipinski definition) is 8. The summed E-state index contributed by atoms with van der Waals surface area (Å²) in [5.41, 5.74) is 11.9. The highest BCUT2D eigenvalue weighted by molar-refractivity contribution is 5.94. The maximum atomic E-state index is 12.8. The van der Waals surface area contributed by atoms with Crippen LogP contribution in [0.4, 0.5) is 0 Å². The van der Waals surface area contributed by atoms with Crippen LogP contribution >= 0.6 is 0 Å². The smallest absolute Gasteiger partial charge is 0.326 e. The highest BCUT2D eigenvalue weighted by atomic mass is 16.4. The minimum Gasteiger partial charge on any atom is -0.480 e. The third-order valence-corrected chi connectivity index (χ3v) is 5.05. The number of H-pyrrole nitrogens is 1. The van der Waals surface area contributed by atoms with Gasteiger partial charge in [-0.2, -0.15) is 0 Å². The topological polar surface area (TPSA) is 226 Å². The molecule has 0 aliphatic carbocycles. The molecule has 1 aromatic rings. The lowest BCUT2D eigenvalue weighted by atomic mass is 10.0. The minimum absolute atomic E-state index is 0.0708. The summed E-state index contributed by atoms with van der Waals surface area (Å²) >= 11 is 0. The van der Waals surface area contributed by atoms with Crippen LogP contribution in [-0.2, 0) is 25.6 Å². The number of aromatic amines is 1. The second-order valence-corrected chi connectivity index (χ2v) is 8.51. The zero-order valence-electron chi connectivity index (χ0n) is 19.6. The summed E-state index contributed by atoms with van der Waals surface area (Å²) in [4.78, 5) is 56.0. The average molecular weight is 484 g/mol. The first kappa shape index (κ1) is 29.0. The molecule has 34 heavy (non-hydrogen) atoms. The average Bonchev–Trinajstić information content (AvgIpc) is 3.28. The summed E-state index contributed by atoms with van der Waals surface area (Å²) in [5.74, 6) is -3.20. The van der Waals surface area contributed by atoms with Crippen molar-refractivity contribution < 1.29 is 29.4 Å². The minimum atomic E-state index is -1.42. The summed E-state index contributed by atoms with van der Waals surface area (Å²) < 4.78 is 0. The van der Waals surface area contributed by atoms with Crippen LogP contribution in [0.5, 0.6) is 0 Å². The van der Waals surface area contributed by atoms with Crippen LogP contribution < -0.4 is 27.4 Å². The van der Waals surface area contributed by atoms with E-state index in [9.17, 15) is 29.4 Å². The van der Waals surface area contributed by atoms with Gasteiger partial charge in [0.1, 0.15) is 18.1 Å². The number of imidazole rings is 1. The second-order valence-electron chi connectivity index (χ2n) is 8.51. The zero-order chi connectivity index (χ0) is 25.7. The quantitative estimate of drug-likeness (QED) is 0.121. The Kier molecular flexibility index (Phi) is 12.8. The number of aliphatic hydroxyl groups is 1. The molecule has 3 amide bonds. The molecule has 13 heteroatoms. The first-order valence-corrected chi connectivity index (χ1v) is 11.3. The largest absolute Gasteiger partial charge is 0.480 e. The van der Waals surface area contributed by atoms with Crippen molar-refractivity contribution in [1.82, 2.24) is 25.9 Å². The molecule has 0 fully saturated rings. The molecule has 4 unspecified atom stereocenters. The van der Waals surface area contributed by atoms with E-state index < -0.39 is 54.5 Å². The van der Waals surface area contributed by atoms with E-state index in [1.54, 1.807) is 0 Å². The summed E-state index contributed by atoms with van der Waals surface area (Å²) in [6.45, 7) is 3.47. The van der Waals surface area contributed by atoms with Gasteiger partial charge in [0, 0.05) is 18.3 Å². The molecule has 0 radical (unpaired) electrons. The Morgan fingerprint density at radius 2 is 1.65 bits per heavy atom. The molecule has 0 bridgehead atoms. The summed E-state index contributed by atoms with van der Waals surface area (Å²) in [6, 6.07) is -4.54. The van der Waals surface area contributed by atoms with Crippen molar-refractivity contribution in [2.45, 2.75) is 70.1 Å². The van der Waals surface area contributed by atoms with Gasteiger partial charge in [-0.25, -0.2) is 9.78 Å². The molecule has 0 saturated carbocycles. The van der Waals surface area contributed by atoms with E-state index in [2.05, 4.69) is 25.9 Å². The highest BCUT2D eigenvalue weighted by Crippen LogP contribution is 2.06. The molecular weight excluding hydrogens is 446 g/mol. The molecule has 0 aliphatic heterocycles. The van der Waals surface area contributed by atoms with Crippen LogP contribution in [0.3, 0.4) is 0 Å². The molecule has 192 valence electrons. The van der Waals surface area contributed by atoms with Crippen LogP contribution in [0.1, 0.15) is 45.2 Å². The Labute approximate surface area is 198 Å². The Morgan fingerprint density at radius 3 is 2.18 bits per heavy atom. The number of rotatable bonds is 16. The van der Waals surface area contributed by atoms with Crippen molar-refractivity contribution in [3.05, 3.63) is 18.2 Å². The first-order chi connectivity index (χ1) is 16.1. The van der Waals surface area contributed by atoms with Crippen molar-refractivity contribution in [3.8, 4) is 0 Å². The third kappa shape index (κ3) is 10.3. The number of carbonyl (C=O) groups is 4. The van der Waals surface area contributed by atoms with Crippen molar-refractivity contribution in [2.24, 2.45) is 17.4 Å². The van der Waals surface area contributed by atoms with E-state index >= 15 is 0 Å². The first-order valence-electron chi connectivity index (χ1n) is 11.3. The zero-order valence-corrected chi connectivity index (χ0v) is 19.6. The van der Waals surface area contributed by atoms with Crippen molar-refractivity contribution in [3.63, 3.8) is 0 Å². The molecule has 1 aromatic heterocycles. The standard InChI is InChI=1S/C21H37N7O6/c1-12(2)7-14(23)18(30)26-15(5-3-4-6-22)19(31)28-17(10-29)20(32)27-16(21(33)34)8-13-9-24-11-25-13/h9,11-12,14-17,29H,3-8,10,22-23H2,1-2H3,(H,24,25)(H,26,30)(H,27,32)(H,28,31)(H,33,34). The molecule has 10 N–H and O–H groups in total. The fourth-order valence-electron chi connectivity index (χ4n) is 3.21. The lowest BCUT2D eigenvalue weighted by Crippen LogP contribution is -2.58.